The van der Waals surface area contributed by atoms with Crippen molar-refractivity contribution < 1.29 is 18.1 Å². The highest BCUT2D eigenvalue weighted by molar-refractivity contribution is 7.48. The maximum absolute atomic E-state index is 12.0. The van der Waals surface area contributed by atoms with Crippen molar-refractivity contribution in [3.05, 3.63) is 34.9 Å². The van der Waals surface area contributed by atoms with Crippen LogP contribution < -0.4 is 0 Å². The van der Waals surface area contributed by atoms with Crippen molar-refractivity contribution in [1.29, 1.82) is 0 Å². The van der Waals surface area contributed by atoms with Crippen molar-refractivity contribution in [3.63, 3.8) is 0 Å². The van der Waals surface area contributed by atoms with E-state index in [9.17, 15) is 4.57 Å². The molecule has 1 aromatic rings. The molecular formula is C21H37O4P. The molecule has 0 atom stereocenters. The van der Waals surface area contributed by atoms with Gasteiger partial charge in [0.25, 0.3) is 0 Å². The van der Waals surface area contributed by atoms with Crippen molar-refractivity contribution in [1.82, 2.24) is 0 Å². The van der Waals surface area contributed by atoms with Gasteiger partial charge in [-0.1, -0.05) is 59.7 Å². The Morgan fingerprint density at radius 1 is 0.962 bits per heavy atom. The molecule has 0 heterocycles. The summed E-state index contributed by atoms with van der Waals surface area (Å²) < 4.78 is 26.9. The van der Waals surface area contributed by atoms with E-state index in [4.69, 9.17) is 13.6 Å². The Morgan fingerprint density at radius 3 is 2.04 bits per heavy atom. The lowest BCUT2D eigenvalue weighted by Crippen LogP contribution is -2.22. The molecule has 150 valence electrons. The highest BCUT2D eigenvalue weighted by Gasteiger charge is 2.26. The third-order valence-electron chi connectivity index (χ3n) is 5.68. The molecule has 0 aliphatic heterocycles. The van der Waals surface area contributed by atoms with E-state index in [0.717, 1.165) is 25.7 Å². The Kier molecular flexibility index (Phi) is 8.54. The summed E-state index contributed by atoms with van der Waals surface area (Å²) >= 11 is 0. The van der Waals surface area contributed by atoms with E-state index >= 15 is 0 Å². The molecule has 0 aliphatic rings. The molecule has 5 heteroatoms. The molecule has 0 N–H and O–H groups in total. The molecular weight excluding hydrogens is 347 g/mol. The summed E-state index contributed by atoms with van der Waals surface area (Å²) in [7, 11) is -0.719. The van der Waals surface area contributed by atoms with Crippen molar-refractivity contribution in [2.45, 2.75) is 78.1 Å². The predicted octanol–water partition coefficient (Wildman–Crippen LogP) is 6.41. The number of phosphoric ester groups is 1. The summed E-state index contributed by atoms with van der Waals surface area (Å²) in [5, 5.41) is 0. The maximum atomic E-state index is 12.0. The minimum Gasteiger partial charge on any atom is -0.290 e. The molecule has 0 aliphatic carbocycles. The second-order valence-electron chi connectivity index (χ2n) is 8.10. The van der Waals surface area contributed by atoms with Crippen LogP contribution in [0.1, 0.15) is 77.5 Å². The van der Waals surface area contributed by atoms with Crippen molar-refractivity contribution in [3.8, 4) is 0 Å². The lowest BCUT2D eigenvalue weighted by molar-refractivity contribution is 0.151. The van der Waals surface area contributed by atoms with Gasteiger partial charge in [-0.25, -0.2) is 4.57 Å². The molecule has 1 rings (SSSR count). The van der Waals surface area contributed by atoms with Crippen molar-refractivity contribution in [2.75, 3.05) is 20.8 Å². The molecule has 0 amide bonds. The van der Waals surface area contributed by atoms with Crippen LogP contribution in [-0.4, -0.2) is 20.8 Å². The third-order valence-corrected chi connectivity index (χ3v) is 7.07. The quantitative estimate of drug-likeness (QED) is 0.326. The van der Waals surface area contributed by atoms with Crippen molar-refractivity contribution in [2.24, 2.45) is 0 Å². The van der Waals surface area contributed by atoms with Crippen LogP contribution in [0, 0.1) is 0 Å². The van der Waals surface area contributed by atoms with Crippen LogP contribution in [-0.2, 0) is 35.4 Å². The molecule has 0 radical (unpaired) electrons. The first-order valence-corrected chi connectivity index (χ1v) is 11.0. The molecule has 0 unspecified atom stereocenters. The van der Waals surface area contributed by atoms with E-state index in [1.54, 1.807) is 0 Å². The highest BCUT2D eigenvalue weighted by atomic mass is 31.2. The van der Waals surface area contributed by atoms with E-state index in [2.05, 4.69) is 59.7 Å². The molecule has 0 fully saturated rings. The summed E-state index contributed by atoms with van der Waals surface area (Å²) in [6.07, 6.45) is 3.82. The van der Waals surface area contributed by atoms with Gasteiger partial charge < -0.3 is 0 Å². The average molecular weight is 384 g/mol. The molecule has 0 saturated heterocycles. The maximum Gasteiger partial charge on any atom is 0.474 e. The second-order valence-corrected chi connectivity index (χ2v) is 9.98. The molecule has 4 nitrogen and oxygen atoms in total. The first-order valence-electron chi connectivity index (χ1n) is 9.55. The average Bonchev–Trinajstić information content (AvgIpc) is 2.64. The van der Waals surface area contributed by atoms with E-state index in [0.29, 0.717) is 6.61 Å². The van der Waals surface area contributed by atoms with E-state index < -0.39 is 7.82 Å². The number of phosphoric acid groups is 1. The Labute approximate surface area is 160 Å². The topological polar surface area (TPSA) is 44.8 Å². The molecule has 26 heavy (non-hydrogen) atoms. The van der Waals surface area contributed by atoms with Crippen LogP contribution in [0.15, 0.2) is 18.2 Å². The zero-order valence-electron chi connectivity index (χ0n) is 17.8. The van der Waals surface area contributed by atoms with Crippen LogP contribution >= 0.6 is 7.82 Å². The van der Waals surface area contributed by atoms with Gasteiger partial charge in [-0.15, -0.1) is 0 Å². The van der Waals surface area contributed by atoms with Gasteiger partial charge in [-0.05, 0) is 53.2 Å². The summed E-state index contributed by atoms with van der Waals surface area (Å²) in [6.45, 7) is 14.0. The molecule has 0 saturated carbocycles. The summed E-state index contributed by atoms with van der Waals surface area (Å²) in [5.41, 5.74) is 4.41. The van der Waals surface area contributed by atoms with Gasteiger partial charge in [0.2, 0.25) is 0 Å². The number of hydrogen-bond donors (Lipinski definition) is 0. The Balaban J connectivity index is 2.99. The standard InChI is InChI=1S/C21H37O4P/c1-9-20(3,4)18-14-13-17(19(16-18)21(5,6)10-2)12-11-15-25-26(22,23-7)24-8/h13-14,16H,9-12,15H2,1-8H3. The largest absolute Gasteiger partial charge is 0.474 e. The summed E-state index contributed by atoms with van der Waals surface area (Å²) in [5.74, 6) is 0. The van der Waals surface area contributed by atoms with Crippen LogP contribution in [0.25, 0.3) is 0 Å². The summed E-state index contributed by atoms with van der Waals surface area (Å²) in [4.78, 5) is 0. The van der Waals surface area contributed by atoms with Crippen LogP contribution in [0.5, 0.6) is 0 Å². The fourth-order valence-electron chi connectivity index (χ4n) is 2.86. The van der Waals surface area contributed by atoms with E-state index in [1.807, 2.05) is 0 Å². The fourth-order valence-corrected chi connectivity index (χ4v) is 3.57. The number of hydrogen-bond acceptors (Lipinski definition) is 4. The van der Waals surface area contributed by atoms with E-state index in [-0.39, 0.29) is 10.8 Å². The van der Waals surface area contributed by atoms with Crippen LogP contribution in [0.3, 0.4) is 0 Å². The zero-order chi connectivity index (χ0) is 20.0. The number of benzene rings is 1. The van der Waals surface area contributed by atoms with Crippen LogP contribution in [0.4, 0.5) is 0 Å². The number of aryl methyl sites for hydroxylation is 1. The Bertz CT molecular complexity index is 614. The molecule has 0 bridgehead atoms. The van der Waals surface area contributed by atoms with Gasteiger partial charge in [0.15, 0.2) is 0 Å². The first-order chi connectivity index (χ1) is 12.0. The van der Waals surface area contributed by atoms with E-state index in [1.165, 1.54) is 30.9 Å². The van der Waals surface area contributed by atoms with Crippen molar-refractivity contribution >= 4 is 7.82 Å². The molecule has 0 aromatic heterocycles. The Hall–Kier alpha value is -0.670. The van der Waals surface area contributed by atoms with Gasteiger partial charge in [0.1, 0.15) is 0 Å². The predicted molar refractivity (Wildman–Crippen MR) is 109 cm³/mol. The lowest BCUT2D eigenvalue weighted by Gasteiger charge is -2.31. The normalized spacial score (nSPS) is 13.2. The first kappa shape index (κ1) is 23.4. The smallest absolute Gasteiger partial charge is 0.290 e. The summed E-state index contributed by atoms with van der Waals surface area (Å²) in [6, 6.07) is 6.90. The van der Waals surface area contributed by atoms with Gasteiger partial charge in [-0.2, -0.15) is 0 Å². The van der Waals surface area contributed by atoms with Gasteiger partial charge in [-0.3, -0.25) is 13.6 Å². The minimum atomic E-state index is -3.39. The monoisotopic (exact) mass is 384 g/mol. The Morgan fingerprint density at radius 2 is 1.54 bits per heavy atom. The SMILES string of the molecule is CCC(C)(C)c1ccc(CCCOP(=O)(OC)OC)c(C(C)(C)CC)c1. The fraction of sp³-hybridized carbons (Fsp3) is 0.714. The lowest BCUT2D eigenvalue weighted by atomic mass is 9.74. The van der Waals surface area contributed by atoms with Gasteiger partial charge in [0, 0.05) is 14.2 Å². The van der Waals surface area contributed by atoms with Gasteiger partial charge >= 0.3 is 7.82 Å². The molecule has 0 spiro atoms. The zero-order valence-corrected chi connectivity index (χ0v) is 18.7. The molecule has 1 aromatic carbocycles. The third kappa shape index (κ3) is 5.92. The second kappa shape index (κ2) is 9.50. The van der Waals surface area contributed by atoms with Gasteiger partial charge in [0.05, 0.1) is 6.61 Å². The number of rotatable bonds is 11. The van der Waals surface area contributed by atoms with Crippen LogP contribution in [0.2, 0.25) is 0 Å². The minimum absolute atomic E-state index is 0.115. The highest BCUT2D eigenvalue weighted by Crippen LogP contribution is 2.47.